The lowest BCUT2D eigenvalue weighted by atomic mass is 10.1. The number of phosphoric ester groups is 2. The molecule has 0 saturated heterocycles. The van der Waals surface area contributed by atoms with Crippen LogP contribution in [-0.2, 0) is 46.6 Å². The number of carbonyl (C=O) groups excluding carboxylic acids is 3. The molecule has 0 aliphatic carbocycles. The first-order chi connectivity index (χ1) is 28.8. The Morgan fingerprint density at radius 2 is 1.03 bits per heavy atom. The minimum absolute atomic E-state index is 0.0619. The average Bonchev–Trinajstić information content (AvgIpc) is 3.20. The Morgan fingerprint density at radius 3 is 1.63 bits per heavy atom. The molecule has 3 atom stereocenters. The molecule has 0 aliphatic rings. The molecule has 1 unspecified atom stereocenters. The zero-order valence-corrected chi connectivity index (χ0v) is 37.8. The summed E-state index contributed by atoms with van der Waals surface area (Å²) in [5, 5.41) is 9.74. The van der Waals surface area contributed by atoms with Crippen LogP contribution in [-0.4, -0.2) is 76.1 Å². The van der Waals surface area contributed by atoms with Crippen molar-refractivity contribution in [1.82, 2.24) is 0 Å². The fourth-order valence-electron chi connectivity index (χ4n) is 5.21. The number of hydrogen-bond donors (Lipinski definition) is 4. The van der Waals surface area contributed by atoms with Gasteiger partial charge in [0.2, 0.25) is 0 Å². The number of aliphatic hydroxyl groups excluding tert-OH is 1. The summed E-state index contributed by atoms with van der Waals surface area (Å²) < 4.78 is 47.5. The zero-order chi connectivity index (χ0) is 44.6. The van der Waals surface area contributed by atoms with E-state index in [0.29, 0.717) is 6.42 Å². The highest BCUT2D eigenvalue weighted by molar-refractivity contribution is 7.47. The number of unbranched alkanes of at least 4 members (excludes halogenated alkanes) is 11. The van der Waals surface area contributed by atoms with Crippen LogP contribution in [0.5, 0.6) is 0 Å². The van der Waals surface area contributed by atoms with Gasteiger partial charge < -0.3 is 29.3 Å². The van der Waals surface area contributed by atoms with Gasteiger partial charge in [-0.05, 0) is 76.7 Å². The van der Waals surface area contributed by atoms with Crippen molar-refractivity contribution >= 4 is 33.4 Å². The van der Waals surface area contributed by atoms with Gasteiger partial charge in [-0.25, -0.2) is 9.13 Å². The van der Waals surface area contributed by atoms with Gasteiger partial charge in [-0.3, -0.25) is 28.0 Å². The van der Waals surface area contributed by atoms with Crippen molar-refractivity contribution in [2.75, 3.05) is 26.4 Å². The molecule has 0 saturated carbocycles. The highest BCUT2D eigenvalue weighted by atomic mass is 31.2. The third-order valence-corrected chi connectivity index (χ3v) is 9.97. The van der Waals surface area contributed by atoms with E-state index >= 15 is 0 Å². The maximum absolute atomic E-state index is 12.6. The van der Waals surface area contributed by atoms with Gasteiger partial charge in [0.05, 0.1) is 19.8 Å². The van der Waals surface area contributed by atoms with Crippen molar-refractivity contribution in [2.45, 2.75) is 161 Å². The number of hydrogen-bond acceptors (Lipinski definition) is 11. The summed E-state index contributed by atoms with van der Waals surface area (Å²) in [6.45, 7) is 1.40. The second kappa shape index (κ2) is 39.1. The van der Waals surface area contributed by atoms with Crippen LogP contribution in [0.25, 0.3) is 0 Å². The molecular weight excluding hydrogens is 814 g/mol. The van der Waals surface area contributed by atoms with Crippen molar-refractivity contribution in [1.29, 1.82) is 0 Å². The zero-order valence-electron chi connectivity index (χ0n) is 36.0. The Bertz CT molecular complexity index is 1400. The lowest BCUT2D eigenvalue weighted by Crippen LogP contribution is -2.30. The second-order valence-electron chi connectivity index (χ2n) is 14.3. The van der Waals surface area contributed by atoms with E-state index in [-0.39, 0.29) is 31.5 Å². The van der Waals surface area contributed by atoms with Gasteiger partial charge in [-0.1, -0.05) is 126 Å². The Kier molecular flexibility index (Phi) is 37.3. The smallest absolute Gasteiger partial charge is 0.462 e. The van der Waals surface area contributed by atoms with E-state index in [1.807, 2.05) is 6.08 Å². The maximum atomic E-state index is 12.6. The highest BCUT2D eigenvalue weighted by Gasteiger charge is 2.28. The molecule has 0 spiro atoms. The van der Waals surface area contributed by atoms with E-state index in [4.69, 9.17) is 23.8 Å². The number of rotatable bonds is 40. The molecule has 0 aliphatic heterocycles. The van der Waals surface area contributed by atoms with E-state index in [2.05, 4.69) is 71.5 Å². The predicted molar refractivity (Wildman–Crippen MR) is 235 cm³/mol. The molecule has 60 heavy (non-hydrogen) atoms. The van der Waals surface area contributed by atoms with Crippen LogP contribution in [0, 0.1) is 0 Å². The van der Waals surface area contributed by atoms with Crippen LogP contribution < -0.4 is 0 Å². The van der Waals surface area contributed by atoms with Crippen molar-refractivity contribution in [3.05, 3.63) is 72.9 Å². The first-order valence-electron chi connectivity index (χ1n) is 21.6. The average molecular weight is 889 g/mol. The van der Waals surface area contributed by atoms with Crippen molar-refractivity contribution in [3.8, 4) is 0 Å². The third kappa shape index (κ3) is 41.9. The molecule has 0 radical (unpaired) electrons. The quantitative estimate of drug-likeness (QED) is 0.0113. The third-order valence-electron chi connectivity index (χ3n) is 8.53. The number of carbonyl (C=O) groups is 3. The molecule has 344 valence electrons. The van der Waals surface area contributed by atoms with Gasteiger partial charge in [-0.2, -0.15) is 0 Å². The fourth-order valence-corrected chi connectivity index (χ4v) is 6.37. The van der Waals surface area contributed by atoms with Gasteiger partial charge in [0.15, 0.2) is 11.9 Å². The number of allylic oxidation sites excluding steroid dienone is 12. The Hall–Kier alpha value is -2.77. The first-order valence-corrected chi connectivity index (χ1v) is 24.6. The second-order valence-corrected chi connectivity index (χ2v) is 17.0. The molecule has 14 nitrogen and oxygen atoms in total. The minimum atomic E-state index is -4.89. The number of esters is 2. The minimum Gasteiger partial charge on any atom is -0.462 e. The SMILES string of the molecule is CCCCC/C=C\C/C=C\C/C=C\C=C\C(=O)CCCC(=O)OC[C@H](COP(=O)(O)OC[C@@H](O)COP(=O)(O)O)OC(=O)CCCCCCC/C=C\C/C=C\CCCCC. The van der Waals surface area contributed by atoms with Crippen LogP contribution in [0.4, 0.5) is 0 Å². The van der Waals surface area contributed by atoms with E-state index in [0.717, 1.165) is 64.2 Å². The van der Waals surface area contributed by atoms with E-state index in [9.17, 15) is 33.5 Å². The van der Waals surface area contributed by atoms with Gasteiger partial charge >= 0.3 is 27.6 Å². The predicted octanol–water partition coefficient (Wildman–Crippen LogP) is 10.2. The highest BCUT2D eigenvalue weighted by Crippen LogP contribution is 2.43. The molecule has 0 aromatic heterocycles. The lowest BCUT2D eigenvalue weighted by molar-refractivity contribution is -0.161. The van der Waals surface area contributed by atoms with Crippen molar-refractivity contribution in [3.63, 3.8) is 0 Å². The summed E-state index contributed by atoms with van der Waals surface area (Å²) >= 11 is 0. The summed E-state index contributed by atoms with van der Waals surface area (Å²) in [7, 11) is -9.76. The largest absolute Gasteiger partial charge is 0.472 e. The summed E-state index contributed by atoms with van der Waals surface area (Å²) in [6, 6.07) is 0. The van der Waals surface area contributed by atoms with Gasteiger partial charge in [-0.15, -0.1) is 0 Å². The Balaban J connectivity index is 4.75. The number of ketones is 1. The fraction of sp³-hybridized carbons (Fsp3) is 0.659. The number of ether oxygens (including phenoxy) is 2. The molecule has 4 N–H and O–H groups in total. The van der Waals surface area contributed by atoms with Gasteiger partial charge in [0.25, 0.3) is 0 Å². The standard InChI is InChI=1S/C44H74O14P2/c1-3-5-7-9-11-13-15-17-18-20-22-24-26-28-30-34-44(48)58-42(39-57-60(52,53)56-37-41(46)36-55-59(49,50)51)38-54-43(47)35-31-33-40(45)32-29-27-25-23-21-19-16-14-12-10-8-6-4-2/h11-14,17-19,21,25,27,29,32,41-42,46H,3-10,15-16,20,22-24,26,28,30-31,33-39H2,1-2H3,(H,52,53)(H2,49,50,51)/b13-11-,14-12-,18-17-,21-19-,27-25-,32-29+/t41-,42+/m0/s1. The van der Waals surface area contributed by atoms with E-state index in [1.54, 1.807) is 12.2 Å². The number of phosphoric acid groups is 2. The first kappa shape index (κ1) is 57.2. The summed E-state index contributed by atoms with van der Waals surface area (Å²) in [4.78, 5) is 64.9. The summed E-state index contributed by atoms with van der Waals surface area (Å²) in [5.41, 5.74) is 0. The number of aliphatic hydroxyl groups is 1. The van der Waals surface area contributed by atoms with Crippen LogP contribution in [0.2, 0.25) is 0 Å². The molecule has 0 amide bonds. The lowest BCUT2D eigenvalue weighted by Gasteiger charge is -2.20. The molecule has 0 fully saturated rings. The van der Waals surface area contributed by atoms with Crippen LogP contribution in [0.15, 0.2) is 72.9 Å². The van der Waals surface area contributed by atoms with Crippen LogP contribution >= 0.6 is 15.6 Å². The van der Waals surface area contributed by atoms with Crippen LogP contribution in [0.1, 0.15) is 149 Å². The topological polar surface area (TPSA) is 212 Å². The monoisotopic (exact) mass is 888 g/mol. The van der Waals surface area contributed by atoms with E-state index < -0.39 is 66.2 Å². The van der Waals surface area contributed by atoms with E-state index in [1.165, 1.54) is 44.6 Å². The molecule has 0 aromatic rings. The Labute approximate surface area is 359 Å². The molecule has 0 heterocycles. The summed E-state index contributed by atoms with van der Waals surface area (Å²) in [5.74, 6) is -1.47. The summed E-state index contributed by atoms with van der Waals surface area (Å²) in [6.07, 6.45) is 39.0. The molecule has 0 aromatic carbocycles. The van der Waals surface area contributed by atoms with Crippen molar-refractivity contribution < 1.29 is 66.3 Å². The van der Waals surface area contributed by atoms with Gasteiger partial charge in [0.1, 0.15) is 12.7 Å². The Morgan fingerprint density at radius 1 is 0.533 bits per heavy atom. The molecule has 0 rings (SSSR count). The van der Waals surface area contributed by atoms with Crippen molar-refractivity contribution in [2.24, 2.45) is 0 Å². The normalized spacial score (nSPS) is 14.6. The molecule has 0 bridgehead atoms. The van der Waals surface area contributed by atoms with Crippen LogP contribution in [0.3, 0.4) is 0 Å². The molecule has 16 heteroatoms. The maximum Gasteiger partial charge on any atom is 0.472 e. The van der Waals surface area contributed by atoms with Gasteiger partial charge in [0, 0.05) is 19.3 Å². The molecular formula is C44H74O14P2.